The van der Waals surface area contributed by atoms with Crippen LogP contribution < -0.4 is 65.9 Å². The predicted molar refractivity (Wildman–Crippen MR) is 297 cm³/mol. The van der Waals surface area contributed by atoms with Crippen LogP contribution in [0.25, 0.3) is 0 Å². The molecule has 0 fully saturated rings. The van der Waals surface area contributed by atoms with E-state index in [1.165, 1.54) is 89.9 Å². The average Bonchev–Trinajstić information content (AvgIpc) is 3.46. The molecule has 7 aromatic rings. The van der Waals surface area contributed by atoms with Gasteiger partial charge in [0, 0.05) is 130 Å². The van der Waals surface area contributed by atoms with E-state index < -0.39 is 7.32 Å². The van der Waals surface area contributed by atoms with Crippen molar-refractivity contribution in [3.05, 3.63) is 214 Å². The zero-order valence-corrected chi connectivity index (χ0v) is 48.5. The maximum absolute atomic E-state index is 8.42. The second-order valence-electron chi connectivity index (χ2n) is 17.6. The van der Waals surface area contributed by atoms with Gasteiger partial charge in [-0.3, -0.25) is 7.32 Å². The average molecular weight is 1090 g/mol. The Hall–Kier alpha value is -6.29. The molecule has 0 aliphatic rings. The van der Waals surface area contributed by atoms with Crippen LogP contribution in [0, 0.1) is 0 Å². The molecule has 7 aromatic heterocycles. The van der Waals surface area contributed by atoms with Gasteiger partial charge in [0.1, 0.15) is 45.8 Å². The van der Waals surface area contributed by atoms with Crippen LogP contribution in [0.15, 0.2) is 214 Å². The quantitative estimate of drug-likeness (QED) is 0.0425. The first-order valence-electron chi connectivity index (χ1n) is 27.8. The Kier molecular flexibility index (Phi) is 65.3. The van der Waals surface area contributed by atoms with E-state index in [2.05, 4.69) is 252 Å². The molecule has 0 unspecified atom stereocenters. The fourth-order valence-electron chi connectivity index (χ4n) is 6.47. The normalized spacial score (nSPS) is 9.05. The van der Waals surface area contributed by atoms with Crippen LogP contribution >= 0.6 is 0 Å². The molecular formula is C63H98BF4N7O3. The summed E-state index contributed by atoms with van der Waals surface area (Å²) in [7, 11) is -2.92. The molecule has 0 atom stereocenters. The third-order valence-electron chi connectivity index (χ3n) is 10.8. The number of aryl methyl sites for hydroxylation is 7. The molecule has 0 amide bonds. The molecule has 78 heavy (non-hydrogen) atoms. The van der Waals surface area contributed by atoms with Gasteiger partial charge in [-0.05, 0) is 0 Å². The van der Waals surface area contributed by atoms with E-state index in [0.29, 0.717) is 0 Å². The first-order valence-corrected chi connectivity index (χ1v) is 27.8. The van der Waals surface area contributed by atoms with Gasteiger partial charge in [-0.15, -0.1) is 0 Å². The van der Waals surface area contributed by atoms with Gasteiger partial charge in [-0.1, -0.05) is 136 Å². The maximum atomic E-state index is 8.42. The summed E-state index contributed by atoms with van der Waals surface area (Å²) in [5, 5.41) is 25.2. The van der Waals surface area contributed by atoms with Crippen molar-refractivity contribution < 1.29 is 65.9 Å². The van der Waals surface area contributed by atoms with Crippen LogP contribution in [0.2, 0.25) is 0 Å². The smallest absolute Gasteiger partial charge is 0.168 e. The highest BCUT2D eigenvalue weighted by molar-refractivity contribution is 6.24. The molecule has 0 saturated carbocycles. The fraction of sp³-hybridized carbons (Fsp3) is 0.444. The van der Waals surface area contributed by atoms with Crippen molar-refractivity contribution in [1.29, 1.82) is 0 Å². The SMILES string of the molecule is CCCC[n+]1ccccc1.CCCC[n+]1ccccc1.CCCC[n+]1ccccc1.CCCC[n+]1ccccc1.CCCC[n+]1ccccc1.CCCC[n+]1ccccc1.CCCC[n+]1ccccc1.[F-].[F-].[F-].[F-].[O-]B([O-])[O-]. The molecule has 15 heteroatoms. The number of hydrogen-bond acceptors (Lipinski definition) is 3. The van der Waals surface area contributed by atoms with Gasteiger partial charge in [0.2, 0.25) is 0 Å². The van der Waals surface area contributed by atoms with Crippen LogP contribution in [0.3, 0.4) is 0 Å². The predicted octanol–water partition coefficient (Wildman–Crippen LogP) is -3.51. The van der Waals surface area contributed by atoms with Crippen LogP contribution in [-0.2, 0) is 45.8 Å². The third-order valence-corrected chi connectivity index (χ3v) is 10.8. The monoisotopic (exact) mass is 1090 g/mol. The highest BCUT2D eigenvalue weighted by Crippen LogP contribution is 1.90. The second-order valence-corrected chi connectivity index (χ2v) is 17.6. The van der Waals surface area contributed by atoms with Gasteiger partial charge in [-0.2, -0.15) is 0 Å². The number of hydrogen-bond donors (Lipinski definition) is 0. The van der Waals surface area contributed by atoms with Gasteiger partial charge < -0.3 is 33.9 Å². The summed E-state index contributed by atoms with van der Waals surface area (Å²) in [6, 6.07) is 43.2. The summed E-state index contributed by atoms with van der Waals surface area (Å²) < 4.78 is 15.5. The topological polar surface area (TPSA) is 96.3 Å². The molecule has 10 nitrogen and oxygen atoms in total. The minimum absolute atomic E-state index is 0. The van der Waals surface area contributed by atoms with Gasteiger partial charge in [0.05, 0.1) is 0 Å². The van der Waals surface area contributed by atoms with Gasteiger partial charge in [-0.25, -0.2) is 32.0 Å². The van der Waals surface area contributed by atoms with E-state index >= 15 is 0 Å². The molecule has 434 valence electrons. The Labute approximate surface area is 469 Å². The molecule has 0 N–H and O–H groups in total. The van der Waals surface area contributed by atoms with Crippen LogP contribution in [0.5, 0.6) is 0 Å². The molecule has 0 aromatic carbocycles. The summed E-state index contributed by atoms with van der Waals surface area (Å²) in [6.45, 7) is 23.5. The molecule has 0 aliphatic carbocycles. The zero-order chi connectivity index (χ0) is 54.2. The Morgan fingerprint density at radius 2 is 0.295 bits per heavy atom. The van der Waals surface area contributed by atoms with Gasteiger partial charge >= 0.3 is 0 Å². The van der Waals surface area contributed by atoms with Gasteiger partial charge in [0.15, 0.2) is 86.8 Å². The molecule has 0 spiro atoms. The summed E-state index contributed by atoms with van der Waals surface area (Å²) in [5.74, 6) is 0. The van der Waals surface area contributed by atoms with Crippen molar-refractivity contribution in [2.75, 3.05) is 0 Å². The van der Waals surface area contributed by atoms with E-state index in [0.717, 1.165) is 45.8 Å². The second kappa shape index (κ2) is 63.2. The van der Waals surface area contributed by atoms with Crippen molar-refractivity contribution >= 4 is 7.32 Å². The number of nitrogens with zero attached hydrogens (tertiary/aromatic N) is 7. The minimum atomic E-state index is -2.92. The molecule has 0 radical (unpaired) electrons. The Morgan fingerprint density at radius 1 is 0.205 bits per heavy atom. The number of rotatable bonds is 21. The number of pyridine rings is 7. The lowest BCUT2D eigenvalue weighted by Crippen LogP contribution is -3.00. The van der Waals surface area contributed by atoms with Crippen molar-refractivity contribution in [1.82, 2.24) is 0 Å². The lowest BCUT2D eigenvalue weighted by Gasteiger charge is -2.35. The van der Waals surface area contributed by atoms with E-state index in [9.17, 15) is 0 Å². The van der Waals surface area contributed by atoms with Crippen molar-refractivity contribution in [3.8, 4) is 0 Å². The van der Waals surface area contributed by atoms with Crippen molar-refractivity contribution in [2.45, 2.75) is 184 Å². The third kappa shape index (κ3) is 54.5. The van der Waals surface area contributed by atoms with E-state index in [1.807, 2.05) is 42.5 Å². The van der Waals surface area contributed by atoms with E-state index in [1.54, 1.807) is 0 Å². The summed E-state index contributed by atoms with van der Waals surface area (Å²) >= 11 is 0. The highest BCUT2D eigenvalue weighted by atomic mass is 19.0. The molecule has 0 aliphatic heterocycles. The van der Waals surface area contributed by atoms with E-state index in [-0.39, 0.29) is 18.8 Å². The number of unbranched alkanes of at least 4 members (excludes halogenated alkanes) is 7. The highest BCUT2D eigenvalue weighted by Gasteiger charge is 1.98. The maximum Gasteiger partial charge on any atom is 0.168 e. The number of halogens is 4. The summed E-state index contributed by atoms with van der Waals surface area (Å²) in [5.41, 5.74) is 0. The Bertz CT molecular complexity index is 1710. The molecule has 7 rings (SSSR count). The van der Waals surface area contributed by atoms with Gasteiger partial charge in [0.25, 0.3) is 0 Å². The molecule has 7 heterocycles. The lowest BCUT2D eigenvalue weighted by atomic mass is 10.3. The lowest BCUT2D eigenvalue weighted by molar-refractivity contribution is -0.697. The molecule has 0 saturated heterocycles. The molecular weight excluding hydrogens is 990 g/mol. The fourth-order valence-corrected chi connectivity index (χ4v) is 6.47. The summed E-state index contributed by atoms with van der Waals surface area (Å²) in [6.07, 6.45) is 47.3. The van der Waals surface area contributed by atoms with Crippen molar-refractivity contribution in [2.24, 2.45) is 0 Å². The van der Waals surface area contributed by atoms with Crippen LogP contribution in [0.4, 0.5) is 0 Å². The minimum Gasteiger partial charge on any atom is -1.00 e. The first-order chi connectivity index (χ1) is 36.3. The van der Waals surface area contributed by atoms with Crippen molar-refractivity contribution in [3.63, 3.8) is 0 Å². The Balaban J connectivity index is -0.000000260. The van der Waals surface area contributed by atoms with Crippen LogP contribution in [0.1, 0.15) is 138 Å². The van der Waals surface area contributed by atoms with E-state index in [4.69, 9.17) is 15.1 Å². The van der Waals surface area contributed by atoms with Crippen LogP contribution in [-0.4, -0.2) is 7.32 Å². The zero-order valence-electron chi connectivity index (χ0n) is 48.5. The first kappa shape index (κ1) is 80.6. The number of aromatic nitrogens is 7. The Morgan fingerprint density at radius 3 is 0.372 bits per heavy atom. The molecule has 0 bridgehead atoms. The largest absolute Gasteiger partial charge is 1.00 e. The summed E-state index contributed by atoms with van der Waals surface area (Å²) in [4.78, 5) is 0. The standard InChI is InChI=1S/7C9H14N.BO3.4FH/c7*1-2-3-7-10-8-5-4-6-9-10;2-1(3)4;;;;/h7*4-6,8-9H,2-3,7H2,1H3;;4*1H/q7*+1;-3;;;;/p-4.